The first-order valence-corrected chi connectivity index (χ1v) is 24.9. The van der Waals surface area contributed by atoms with Crippen LogP contribution in [0.5, 0.6) is 0 Å². The molecule has 7 rings (SSSR count). The van der Waals surface area contributed by atoms with Crippen molar-refractivity contribution in [3.63, 3.8) is 0 Å². The zero-order valence-electron chi connectivity index (χ0n) is 34.6. The van der Waals surface area contributed by atoms with E-state index in [0.29, 0.717) is 18.1 Å². The number of fused-ring (bicyclic) bond motifs is 3. The molecule has 7 aliphatic rings. The highest BCUT2D eigenvalue weighted by Crippen LogP contribution is 2.66. The molecule has 52 heavy (non-hydrogen) atoms. The molecule has 12 unspecified atom stereocenters. The molecule has 0 spiro atoms. The maximum Gasteiger partial charge on any atom is 0.0640 e. The van der Waals surface area contributed by atoms with Crippen molar-refractivity contribution < 1.29 is 9.47 Å². The van der Waals surface area contributed by atoms with Crippen molar-refractivity contribution in [2.24, 2.45) is 71.0 Å². The summed E-state index contributed by atoms with van der Waals surface area (Å²) in [4.78, 5) is 0. The largest absolute Gasteiger partial charge is 0.378 e. The molecule has 0 bridgehead atoms. The Kier molecular flexibility index (Phi) is 16.2. The van der Waals surface area contributed by atoms with Crippen LogP contribution in [-0.2, 0) is 9.47 Å². The van der Waals surface area contributed by atoms with Gasteiger partial charge in [-0.25, -0.2) is 0 Å². The average molecular weight is 829 g/mol. The normalized spacial score (nSPS) is 39.6. The quantitative estimate of drug-likeness (QED) is 0.0930. The van der Waals surface area contributed by atoms with Crippen LogP contribution in [0.15, 0.2) is 35.5 Å². The van der Waals surface area contributed by atoms with Gasteiger partial charge in [0.15, 0.2) is 0 Å². The Labute approximate surface area is 336 Å². The van der Waals surface area contributed by atoms with Gasteiger partial charge in [-0.15, -0.1) is 6.58 Å². The van der Waals surface area contributed by atoms with E-state index in [1.165, 1.54) is 133 Å². The highest BCUT2D eigenvalue weighted by atomic mass is 127. The van der Waals surface area contributed by atoms with Crippen LogP contribution >= 0.6 is 22.6 Å². The van der Waals surface area contributed by atoms with Crippen molar-refractivity contribution >= 4 is 22.6 Å². The number of hydrogen-bond acceptors (Lipinski definition) is 2. The number of alkyl halides is 1. The fourth-order valence-electron chi connectivity index (χ4n) is 13.8. The summed E-state index contributed by atoms with van der Waals surface area (Å²) in [5, 5.41) is 0. The number of hydrogen-bond donors (Lipinski definition) is 0. The van der Waals surface area contributed by atoms with Crippen LogP contribution in [0.3, 0.4) is 0 Å². The summed E-state index contributed by atoms with van der Waals surface area (Å²) in [6.07, 6.45) is 35.0. The van der Waals surface area contributed by atoms with E-state index >= 15 is 0 Å². The fourth-order valence-corrected chi connectivity index (χ4v) is 14.7. The van der Waals surface area contributed by atoms with Crippen LogP contribution in [0.1, 0.15) is 169 Å². The third kappa shape index (κ3) is 9.19. The highest BCUT2D eigenvalue weighted by Gasteiger charge is 2.58. The minimum atomic E-state index is 0.496. The van der Waals surface area contributed by atoms with E-state index in [-0.39, 0.29) is 0 Å². The molecule has 3 heteroatoms. The van der Waals surface area contributed by atoms with Gasteiger partial charge in [-0.3, -0.25) is 0 Å². The smallest absolute Gasteiger partial charge is 0.0640 e. The number of allylic oxidation sites excluding steroid dienone is 4. The first kappa shape index (κ1) is 41.5. The van der Waals surface area contributed by atoms with Crippen molar-refractivity contribution in [2.75, 3.05) is 17.6 Å². The zero-order chi connectivity index (χ0) is 36.6. The molecular weight excluding hydrogens is 747 g/mol. The summed E-state index contributed by atoms with van der Waals surface area (Å²) >= 11 is 2.76. The Hall–Kier alpha value is -0.130. The topological polar surface area (TPSA) is 18.5 Å². The standard InChI is InChI=1S/C36H57IO.C13H24O/c1-4-13-23(5-2)33-27-15-7-9-17-29(27)35(30-18-10-8-16-28(30)33)36-31(21-37)34(36)24(6-3)20-25-22-38-32-19-12-11-14-26(25)32;1-4-9-14-13-8-7-11(5-2)10-12(13)6-3/h4,23-33,35H,1,5-22H2,2-3H3;10,12-13H,4-9H2,1-3H3. The fraction of sp³-hybridized carbons (Fsp3) is 0.878. The molecule has 0 aromatic rings. The van der Waals surface area contributed by atoms with Gasteiger partial charge < -0.3 is 9.47 Å². The molecule has 0 aromatic heterocycles. The molecule has 0 amide bonds. The first-order chi connectivity index (χ1) is 25.5. The zero-order valence-corrected chi connectivity index (χ0v) is 36.8. The highest BCUT2D eigenvalue weighted by molar-refractivity contribution is 14.1. The Morgan fingerprint density at radius 1 is 0.846 bits per heavy atom. The van der Waals surface area contributed by atoms with Gasteiger partial charge in [0.1, 0.15) is 0 Å². The lowest BCUT2D eigenvalue weighted by molar-refractivity contribution is -0.0715. The van der Waals surface area contributed by atoms with Gasteiger partial charge in [0.2, 0.25) is 0 Å². The first-order valence-electron chi connectivity index (χ1n) is 23.4. The van der Waals surface area contributed by atoms with E-state index in [1.54, 1.807) is 5.57 Å². The second-order valence-corrected chi connectivity index (χ2v) is 19.6. The van der Waals surface area contributed by atoms with E-state index in [4.69, 9.17) is 9.47 Å². The Balaban J connectivity index is 0.000000280. The summed E-state index contributed by atoms with van der Waals surface area (Å²) in [5.74, 6) is 10.8. The summed E-state index contributed by atoms with van der Waals surface area (Å²) in [7, 11) is 0. The van der Waals surface area contributed by atoms with E-state index in [9.17, 15) is 0 Å². The summed E-state index contributed by atoms with van der Waals surface area (Å²) in [6, 6.07) is 0. The predicted octanol–water partition coefficient (Wildman–Crippen LogP) is 14.4. The average Bonchev–Trinajstić information content (AvgIpc) is 3.77. The molecule has 0 radical (unpaired) electrons. The molecule has 12 atom stereocenters. The predicted molar refractivity (Wildman–Crippen MR) is 231 cm³/mol. The third-order valence-electron chi connectivity index (χ3n) is 16.3. The van der Waals surface area contributed by atoms with Gasteiger partial charge >= 0.3 is 0 Å². The van der Waals surface area contributed by atoms with Crippen LogP contribution in [0, 0.1) is 71.0 Å². The maximum atomic E-state index is 6.39. The minimum absolute atomic E-state index is 0.496. The molecule has 0 aromatic carbocycles. The third-order valence-corrected chi connectivity index (χ3v) is 17.1. The molecule has 4 saturated carbocycles. The number of rotatable bonds is 15. The molecule has 1 saturated heterocycles. The molecule has 296 valence electrons. The van der Waals surface area contributed by atoms with Gasteiger partial charge in [0.25, 0.3) is 0 Å². The van der Waals surface area contributed by atoms with Gasteiger partial charge in [-0.2, -0.15) is 0 Å². The lowest BCUT2D eigenvalue weighted by Crippen LogP contribution is -2.51. The number of halogens is 1. The van der Waals surface area contributed by atoms with Crippen molar-refractivity contribution in [3.8, 4) is 0 Å². The van der Waals surface area contributed by atoms with Crippen LogP contribution in [-0.4, -0.2) is 29.8 Å². The second kappa shape index (κ2) is 20.3. The molecule has 6 aliphatic carbocycles. The van der Waals surface area contributed by atoms with Crippen molar-refractivity contribution in [2.45, 2.75) is 182 Å². The summed E-state index contributed by atoms with van der Waals surface area (Å²) in [5.41, 5.74) is 5.68. The second-order valence-electron chi connectivity index (χ2n) is 18.8. The molecule has 1 aliphatic heterocycles. The van der Waals surface area contributed by atoms with Crippen molar-refractivity contribution in [1.82, 2.24) is 0 Å². The maximum absolute atomic E-state index is 6.39. The SMILES string of the molecule is C=CCC(CC)C1C2CCCCC2C(C2=C(C(CC)CC3COC4CCCCC34)C2CI)C2CCCCC21.CCCOC1CCC(CC)=CC1CC. The van der Waals surface area contributed by atoms with E-state index in [2.05, 4.69) is 81.5 Å². The van der Waals surface area contributed by atoms with E-state index in [1.807, 2.05) is 5.57 Å². The molecule has 0 N–H and O–H groups in total. The lowest BCUT2D eigenvalue weighted by Gasteiger charge is -2.57. The Morgan fingerprint density at radius 2 is 1.50 bits per heavy atom. The van der Waals surface area contributed by atoms with Crippen LogP contribution in [0.4, 0.5) is 0 Å². The van der Waals surface area contributed by atoms with Gasteiger partial charge in [0, 0.05) is 22.9 Å². The van der Waals surface area contributed by atoms with Crippen LogP contribution < -0.4 is 0 Å². The molecule has 5 fully saturated rings. The van der Waals surface area contributed by atoms with E-state index < -0.39 is 0 Å². The van der Waals surface area contributed by atoms with Gasteiger partial charge in [0.05, 0.1) is 18.8 Å². The monoisotopic (exact) mass is 829 g/mol. The molecule has 1 heterocycles. The lowest BCUT2D eigenvalue weighted by atomic mass is 9.47. The van der Waals surface area contributed by atoms with E-state index in [0.717, 1.165) is 84.7 Å². The summed E-state index contributed by atoms with van der Waals surface area (Å²) in [6.45, 7) is 17.9. The Morgan fingerprint density at radius 3 is 2.08 bits per heavy atom. The number of ether oxygens (including phenoxy) is 2. The van der Waals surface area contributed by atoms with Gasteiger partial charge in [-0.1, -0.05) is 131 Å². The van der Waals surface area contributed by atoms with Crippen molar-refractivity contribution in [3.05, 3.63) is 35.5 Å². The Bertz CT molecular complexity index is 1150. The van der Waals surface area contributed by atoms with Crippen LogP contribution in [0.25, 0.3) is 0 Å². The minimum Gasteiger partial charge on any atom is -0.378 e. The molecule has 2 nitrogen and oxygen atoms in total. The van der Waals surface area contributed by atoms with Crippen molar-refractivity contribution in [1.29, 1.82) is 0 Å². The summed E-state index contributed by atoms with van der Waals surface area (Å²) < 4.78 is 13.6. The molecular formula is C49H81IO2. The van der Waals surface area contributed by atoms with Crippen LogP contribution in [0.2, 0.25) is 0 Å². The van der Waals surface area contributed by atoms with Gasteiger partial charge in [-0.05, 0) is 149 Å².